The summed E-state index contributed by atoms with van der Waals surface area (Å²) in [7, 11) is 2.06. The number of carbonyl (C=O) groups is 1. The van der Waals surface area contributed by atoms with Crippen LogP contribution < -0.4 is 0 Å². The van der Waals surface area contributed by atoms with E-state index in [4.69, 9.17) is 0 Å². The molecule has 0 amide bonds. The molecule has 0 aromatic rings. The van der Waals surface area contributed by atoms with E-state index in [9.17, 15) is 4.79 Å². The van der Waals surface area contributed by atoms with Crippen LogP contribution in [0.2, 0.25) is 0 Å². The zero-order valence-corrected chi connectivity index (χ0v) is 8.13. The summed E-state index contributed by atoms with van der Waals surface area (Å²) in [6.07, 6.45) is 3.10. The molecule has 0 N–H and O–H groups in total. The molecule has 0 aromatic heterocycles. The minimum atomic E-state index is 0.141. The van der Waals surface area contributed by atoms with Gasteiger partial charge in [0.15, 0.2) is 5.78 Å². The minimum Gasteiger partial charge on any atom is -0.302 e. The van der Waals surface area contributed by atoms with Gasteiger partial charge in [-0.3, -0.25) is 4.79 Å². The van der Waals surface area contributed by atoms with Crippen molar-refractivity contribution in [2.75, 3.05) is 20.1 Å². The molecule has 68 valence electrons. The molecule has 1 rings (SSSR count). The van der Waals surface area contributed by atoms with Gasteiger partial charge in [-0.05, 0) is 13.5 Å². The molecule has 1 aliphatic rings. The van der Waals surface area contributed by atoms with E-state index >= 15 is 0 Å². The van der Waals surface area contributed by atoms with Crippen LogP contribution in [0.5, 0.6) is 0 Å². The minimum absolute atomic E-state index is 0.141. The summed E-state index contributed by atoms with van der Waals surface area (Å²) in [6, 6.07) is 0. The molecule has 0 bridgehead atoms. The fourth-order valence-corrected chi connectivity index (χ4v) is 1.44. The van der Waals surface area contributed by atoms with E-state index in [1.54, 1.807) is 0 Å². The number of rotatable bonds is 2. The molecule has 0 radical (unpaired) electrons. The lowest BCUT2D eigenvalue weighted by molar-refractivity contribution is -0.118. The van der Waals surface area contributed by atoms with Crippen LogP contribution in [0, 0.1) is 5.92 Å². The first-order valence-corrected chi connectivity index (χ1v) is 4.53. The van der Waals surface area contributed by atoms with E-state index in [1.165, 1.54) is 0 Å². The number of likely N-dealkylation sites (N-methyl/N-ethyl adjacent to an activating group) is 1. The second kappa shape index (κ2) is 3.85. The Hall–Kier alpha value is -0.630. The van der Waals surface area contributed by atoms with Crippen molar-refractivity contribution < 1.29 is 4.79 Å². The normalized spacial score (nSPS) is 19.5. The van der Waals surface area contributed by atoms with Crippen molar-refractivity contribution in [3.63, 3.8) is 0 Å². The Morgan fingerprint density at radius 1 is 1.58 bits per heavy atom. The molecular formula is C10H17NO. The van der Waals surface area contributed by atoms with Crippen molar-refractivity contribution in [1.82, 2.24) is 4.90 Å². The van der Waals surface area contributed by atoms with Crippen LogP contribution in [0.1, 0.15) is 20.3 Å². The van der Waals surface area contributed by atoms with E-state index in [0.717, 1.165) is 25.1 Å². The summed E-state index contributed by atoms with van der Waals surface area (Å²) in [5.74, 6) is 0.448. The Bertz CT molecular complexity index is 206. The second-order valence-corrected chi connectivity index (χ2v) is 3.77. The molecular weight excluding hydrogens is 150 g/mol. The molecule has 0 saturated heterocycles. The smallest absolute Gasteiger partial charge is 0.162 e. The third-order valence-electron chi connectivity index (χ3n) is 2.18. The third-order valence-corrected chi connectivity index (χ3v) is 2.18. The van der Waals surface area contributed by atoms with Gasteiger partial charge in [-0.2, -0.15) is 0 Å². The number of carbonyl (C=O) groups excluding carboxylic acids is 1. The maximum atomic E-state index is 11.5. The van der Waals surface area contributed by atoms with Gasteiger partial charge >= 0.3 is 0 Å². The van der Waals surface area contributed by atoms with E-state index in [0.29, 0.717) is 5.78 Å². The largest absolute Gasteiger partial charge is 0.302 e. The van der Waals surface area contributed by atoms with Crippen LogP contribution in [0.25, 0.3) is 0 Å². The topological polar surface area (TPSA) is 20.3 Å². The summed E-state index contributed by atoms with van der Waals surface area (Å²) < 4.78 is 0. The lowest BCUT2D eigenvalue weighted by atomic mass is 9.98. The Kier molecular flexibility index (Phi) is 3.04. The quantitative estimate of drug-likeness (QED) is 0.620. The zero-order valence-electron chi connectivity index (χ0n) is 8.13. The number of hydrogen-bond donors (Lipinski definition) is 0. The molecule has 0 aliphatic carbocycles. The van der Waals surface area contributed by atoms with Crippen molar-refractivity contribution in [3.05, 3.63) is 11.6 Å². The molecule has 2 nitrogen and oxygen atoms in total. The van der Waals surface area contributed by atoms with Crippen molar-refractivity contribution in [2.45, 2.75) is 20.3 Å². The molecule has 0 spiro atoms. The van der Waals surface area contributed by atoms with Gasteiger partial charge in [0.1, 0.15) is 0 Å². The first-order chi connectivity index (χ1) is 5.61. The van der Waals surface area contributed by atoms with Gasteiger partial charge in [0, 0.05) is 24.6 Å². The Morgan fingerprint density at radius 3 is 2.75 bits per heavy atom. The predicted octanol–water partition coefficient (Wildman–Crippen LogP) is 1.47. The standard InChI is InChI=1S/C10H17NO/c1-8(2)10(12)9-5-4-6-11(3)7-9/h5,8H,4,6-7H2,1-3H3. The van der Waals surface area contributed by atoms with Gasteiger partial charge in [0.2, 0.25) is 0 Å². The second-order valence-electron chi connectivity index (χ2n) is 3.77. The molecule has 0 aromatic carbocycles. The SMILES string of the molecule is CC(C)C(=O)C1=CCCN(C)C1. The van der Waals surface area contributed by atoms with Crippen molar-refractivity contribution >= 4 is 5.78 Å². The van der Waals surface area contributed by atoms with Crippen LogP contribution in [-0.4, -0.2) is 30.8 Å². The monoisotopic (exact) mass is 167 g/mol. The van der Waals surface area contributed by atoms with Crippen molar-refractivity contribution in [2.24, 2.45) is 5.92 Å². The fraction of sp³-hybridized carbons (Fsp3) is 0.700. The van der Waals surface area contributed by atoms with E-state index in [1.807, 2.05) is 13.8 Å². The summed E-state index contributed by atoms with van der Waals surface area (Å²) in [6.45, 7) is 5.82. The molecule has 1 heterocycles. The third kappa shape index (κ3) is 2.18. The molecule has 0 unspecified atom stereocenters. The lowest BCUT2D eigenvalue weighted by Crippen LogP contribution is -2.29. The predicted molar refractivity (Wildman–Crippen MR) is 50.0 cm³/mol. The molecule has 0 fully saturated rings. The average Bonchev–Trinajstić information content (AvgIpc) is 2.03. The molecule has 12 heavy (non-hydrogen) atoms. The van der Waals surface area contributed by atoms with Crippen LogP contribution in [0.4, 0.5) is 0 Å². The maximum absolute atomic E-state index is 11.5. The van der Waals surface area contributed by atoms with Gasteiger partial charge in [-0.25, -0.2) is 0 Å². The number of Topliss-reactive ketones (excluding diaryl/α,β-unsaturated/α-hetero) is 1. The zero-order chi connectivity index (χ0) is 9.14. The highest BCUT2D eigenvalue weighted by atomic mass is 16.1. The van der Waals surface area contributed by atoms with E-state index < -0.39 is 0 Å². The van der Waals surface area contributed by atoms with E-state index in [-0.39, 0.29) is 5.92 Å². The van der Waals surface area contributed by atoms with Crippen LogP contribution in [0.15, 0.2) is 11.6 Å². The molecule has 1 aliphatic heterocycles. The van der Waals surface area contributed by atoms with Crippen molar-refractivity contribution in [3.8, 4) is 0 Å². The fourth-order valence-electron chi connectivity index (χ4n) is 1.44. The van der Waals surface area contributed by atoms with Crippen LogP contribution in [0.3, 0.4) is 0 Å². The summed E-state index contributed by atoms with van der Waals surface area (Å²) >= 11 is 0. The first kappa shape index (κ1) is 9.46. The molecule has 0 saturated carbocycles. The Labute approximate surface area is 74.2 Å². The van der Waals surface area contributed by atoms with Crippen molar-refractivity contribution in [1.29, 1.82) is 0 Å². The Balaban J connectivity index is 2.62. The highest BCUT2D eigenvalue weighted by Gasteiger charge is 2.17. The molecule has 0 atom stereocenters. The van der Waals surface area contributed by atoms with Crippen LogP contribution in [-0.2, 0) is 4.79 Å². The van der Waals surface area contributed by atoms with Crippen LogP contribution >= 0.6 is 0 Å². The van der Waals surface area contributed by atoms with E-state index in [2.05, 4.69) is 18.0 Å². The maximum Gasteiger partial charge on any atom is 0.162 e. The van der Waals surface area contributed by atoms with Gasteiger partial charge in [-0.15, -0.1) is 0 Å². The number of nitrogens with zero attached hydrogens (tertiary/aromatic N) is 1. The number of hydrogen-bond acceptors (Lipinski definition) is 2. The van der Waals surface area contributed by atoms with Gasteiger partial charge in [0.25, 0.3) is 0 Å². The summed E-state index contributed by atoms with van der Waals surface area (Å²) in [5.41, 5.74) is 0.999. The summed E-state index contributed by atoms with van der Waals surface area (Å²) in [5, 5.41) is 0. The lowest BCUT2D eigenvalue weighted by Gasteiger charge is -2.22. The number of ketones is 1. The first-order valence-electron chi connectivity index (χ1n) is 4.53. The van der Waals surface area contributed by atoms with Gasteiger partial charge in [-0.1, -0.05) is 19.9 Å². The summed E-state index contributed by atoms with van der Waals surface area (Å²) in [4.78, 5) is 13.7. The van der Waals surface area contributed by atoms with Gasteiger partial charge in [0.05, 0.1) is 0 Å². The highest BCUT2D eigenvalue weighted by Crippen LogP contribution is 2.12. The molecule has 2 heteroatoms. The Morgan fingerprint density at radius 2 is 2.25 bits per heavy atom. The highest BCUT2D eigenvalue weighted by molar-refractivity contribution is 5.97. The van der Waals surface area contributed by atoms with Gasteiger partial charge < -0.3 is 4.90 Å². The average molecular weight is 167 g/mol.